The molecule has 0 saturated heterocycles. The summed E-state index contributed by atoms with van der Waals surface area (Å²) in [5.74, 6) is -1.42. The highest BCUT2D eigenvalue weighted by atomic mass is 19.3. The third-order valence-electron chi connectivity index (χ3n) is 2.37. The number of alkyl halides is 2. The number of aliphatic carboxylic acids is 1. The van der Waals surface area contributed by atoms with Gasteiger partial charge in [-0.15, -0.1) is 0 Å². The highest BCUT2D eigenvalue weighted by molar-refractivity contribution is 5.96. The van der Waals surface area contributed by atoms with Crippen LogP contribution in [0.5, 0.6) is 0 Å². The van der Waals surface area contributed by atoms with Gasteiger partial charge in [-0.3, -0.25) is 9.59 Å². The highest BCUT2D eigenvalue weighted by Gasteiger charge is 2.17. The minimum absolute atomic E-state index is 0.0418. The van der Waals surface area contributed by atoms with Gasteiger partial charge >= 0.3 is 5.97 Å². The quantitative estimate of drug-likeness (QED) is 0.808. The second kappa shape index (κ2) is 5.52. The Labute approximate surface area is 97.1 Å². The number of carboxylic acid groups (broad SMARTS) is 1. The van der Waals surface area contributed by atoms with Crippen molar-refractivity contribution in [1.82, 2.24) is 0 Å². The van der Waals surface area contributed by atoms with Crippen molar-refractivity contribution >= 4 is 11.8 Å². The monoisotopic (exact) mass is 242 g/mol. The van der Waals surface area contributed by atoms with Crippen LogP contribution in [0.3, 0.4) is 0 Å². The second-order valence-electron chi connectivity index (χ2n) is 3.56. The van der Waals surface area contributed by atoms with Crippen LogP contribution >= 0.6 is 0 Å². The molecule has 92 valence electrons. The molecule has 0 aliphatic heterocycles. The standard InChI is InChI=1S/C12H12F2O3/c1-2-10(15)8-4-3-7(6-11(16)17)9(5-8)12(13)14/h3-5,12H,2,6H2,1H3,(H,16,17). The number of carbonyl (C=O) groups is 2. The van der Waals surface area contributed by atoms with Gasteiger partial charge in [-0.25, -0.2) is 8.78 Å². The lowest BCUT2D eigenvalue weighted by Crippen LogP contribution is -2.06. The van der Waals surface area contributed by atoms with Crippen molar-refractivity contribution in [3.63, 3.8) is 0 Å². The number of benzene rings is 1. The van der Waals surface area contributed by atoms with Crippen LogP contribution in [-0.2, 0) is 11.2 Å². The van der Waals surface area contributed by atoms with E-state index in [4.69, 9.17) is 5.11 Å². The summed E-state index contributed by atoms with van der Waals surface area (Å²) in [7, 11) is 0. The van der Waals surface area contributed by atoms with Crippen molar-refractivity contribution in [1.29, 1.82) is 0 Å². The Hall–Kier alpha value is -1.78. The summed E-state index contributed by atoms with van der Waals surface area (Å²) in [5.41, 5.74) is -0.149. The molecule has 0 aromatic heterocycles. The van der Waals surface area contributed by atoms with Gasteiger partial charge in [0.05, 0.1) is 6.42 Å². The van der Waals surface area contributed by atoms with Crippen LogP contribution in [0.2, 0.25) is 0 Å². The molecule has 1 aromatic carbocycles. The number of ketones is 1. The van der Waals surface area contributed by atoms with Gasteiger partial charge < -0.3 is 5.11 Å². The molecule has 0 saturated carbocycles. The van der Waals surface area contributed by atoms with Crippen molar-refractivity contribution in [3.8, 4) is 0 Å². The summed E-state index contributed by atoms with van der Waals surface area (Å²) < 4.78 is 25.4. The van der Waals surface area contributed by atoms with Gasteiger partial charge in [0, 0.05) is 17.5 Å². The number of rotatable bonds is 5. The first-order valence-corrected chi connectivity index (χ1v) is 5.11. The molecule has 0 aliphatic carbocycles. The number of hydrogen-bond donors (Lipinski definition) is 1. The molecular formula is C12H12F2O3. The summed E-state index contributed by atoms with van der Waals surface area (Å²) >= 11 is 0. The fourth-order valence-corrected chi connectivity index (χ4v) is 1.50. The van der Waals surface area contributed by atoms with Crippen LogP contribution in [0, 0.1) is 0 Å². The van der Waals surface area contributed by atoms with Gasteiger partial charge in [0.25, 0.3) is 6.43 Å². The first-order chi connectivity index (χ1) is 7.95. The van der Waals surface area contributed by atoms with E-state index in [1.165, 1.54) is 12.1 Å². The third kappa shape index (κ3) is 3.34. The molecule has 0 aliphatic rings. The normalized spacial score (nSPS) is 10.6. The lowest BCUT2D eigenvalue weighted by molar-refractivity contribution is -0.136. The molecule has 1 rings (SSSR count). The molecule has 0 amide bonds. The maximum atomic E-state index is 12.7. The molecule has 1 aromatic rings. The maximum Gasteiger partial charge on any atom is 0.307 e. The Morgan fingerprint density at radius 3 is 2.47 bits per heavy atom. The van der Waals surface area contributed by atoms with E-state index in [9.17, 15) is 18.4 Å². The first-order valence-electron chi connectivity index (χ1n) is 5.11. The molecule has 1 N–H and O–H groups in total. The van der Waals surface area contributed by atoms with Crippen LogP contribution < -0.4 is 0 Å². The molecule has 3 nitrogen and oxygen atoms in total. The minimum Gasteiger partial charge on any atom is -0.481 e. The Morgan fingerprint density at radius 1 is 1.35 bits per heavy atom. The van der Waals surface area contributed by atoms with E-state index in [-0.39, 0.29) is 28.9 Å². The van der Waals surface area contributed by atoms with Crippen LogP contribution in [-0.4, -0.2) is 16.9 Å². The Balaban J connectivity index is 3.17. The van der Waals surface area contributed by atoms with Gasteiger partial charge in [0.15, 0.2) is 5.78 Å². The maximum absolute atomic E-state index is 12.7. The number of Topliss-reactive ketones (excluding diaryl/α,β-unsaturated/α-hetero) is 1. The zero-order valence-corrected chi connectivity index (χ0v) is 9.24. The third-order valence-corrected chi connectivity index (χ3v) is 2.37. The molecule has 0 atom stereocenters. The van der Waals surface area contributed by atoms with Crippen molar-refractivity contribution in [3.05, 3.63) is 34.9 Å². The van der Waals surface area contributed by atoms with Crippen LogP contribution in [0.25, 0.3) is 0 Å². The SMILES string of the molecule is CCC(=O)c1ccc(CC(=O)O)c(C(F)F)c1. The molecule has 0 spiro atoms. The molecule has 0 heterocycles. The lowest BCUT2D eigenvalue weighted by Gasteiger charge is -2.08. The lowest BCUT2D eigenvalue weighted by atomic mass is 9.99. The van der Waals surface area contributed by atoms with Crippen molar-refractivity contribution in [2.45, 2.75) is 26.2 Å². The molecule has 0 radical (unpaired) electrons. The fourth-order valence-electron chi connectivity index (χ4n) is 1.50. The molecule has 0 unspecified atom stereocenters. The van der Waals surface area contributed by atoms with Crippen molar-refractivity contribution in [2.24, 2.45) is 0 Å². The van der Waals surface area contributed by atoms with E-state index in [2.05, 4.69) is 0 Å². The Kier molecular flexibility index (Phi) is 4.31. The summed E-state index contributed by atoms with van der Waals surface area (Å²) in [6, 6.07) is 3.74. The van der Waals surface area contributed by atoms with Crippen molar-refractivity contribution in [2.75, 3.05) is 0 Å². The van der Waals surface area contributed by atoms with Gasteiger partial charge in [-0.1, -0.05) is 19.1 Å². The molecule has 0 fully saturated rings. The summed E-state index contributed by atoms with van der Waals surface area (Å²) in [6.07, 6.45) is -3.03. The van der Waals surface area contributed by atoms with Crippen LogP contribution in [0.4, 0.5) is 8.78 Å². The number of carbonyl (C=O) groups excluding carboxylic acids is 1. The summed E-state index contributed by atoms with van der Waals surface area (Å²) in [4.78, 5) is 21.9. The largest absolute Gasteiger partial charge is 0.481 e. The van der Waals surface area contributed by atoms with E-state index in [1.807, 2.05) is 0 Å². The number of hydrogen-bond acceptors (Lipinski definition) is 2. The summed E-state index contributed by atoms with van der Waals surface area (Å²) in [6.45, 7) is 1.63. The van der Waals surface area contributed by atoms with E-state index in [0.29, 0.717) is 0 Å². The van der Waals surface area contributed by atoms with E-state index in [0.717, 1.165) is 6.07 Å². The minimum atomic E-state index is -2.78. The Bertz CT molecular complexity index is 441. The molecular weight excluding hydrogens is 230 g/mol. The topological polar surface area (TPSA) is 54.4 Å². The first kappa shape index (κ1) is 13.3. The number of carboxylic acids is 1. The van der Waals surface area contributed by atoms with Crippen LogP contribution in [0.15, 0.2) is 18.2 Å². The number of halogens is 2. The van der Waals surface area contributed by atoms with Gasteiger partial charge in [0.1, 0.15) is 0 Å². The predicted molar refractivity (Wildman–Crippen MR) is 57.4 cm³/mol. The van der Waals surface area contributed by atoms with Crippen LogP contribution in [0.1, 0.15) is 41.3 Å². The summed E-state index contributed by atoms with van der Waals surface area (Å²) in [5, 5.41) is 8.59. The zero-order chi connectivity index (χ0) is 13.0. The highest BCUT2D eigenvalue weighted by Crippen LogP contribution is 2.25. The molecule has 17 heavy (non-hydrogen) atoms. The fraction of sp³-hybridized carbons (Fsp3) is 0.333. The van der Waals surface area contributed by atoms with Gasteiger partial charge in [0.2, 0.25) is 0 Å². The smallest absolute Gasteiger partial charge is 0.307 e. The van der Waals surface area contributed by atoms with Gasteiger partial charge in [-0.2, -0.15) is 0 Å². The van der Waals surface area contributed by atoms with Crippen molar-refractivity contribution < 1.29 is 23.5 Å². The van der Waals surface area contributed by atoms with E-state index < -0.39 is 18.8 Å². The predicted octanol–water partition coefficient (Wildman–Crippen LogP) is 2.84. The average molecular weight is 242 g/mol. The zero-order valence-electron chi connectivity index (χ0n) is 9.24. The van der Waals surface area contributed by atoms with Gasteiger partial charge in [-0.05, 0) is 11.6 Å². The Morgan fingerprint density at radius 2 is 2.00 bits per heavy atom. The van der Waals surface area contributed by atoms with E-state index in [1.54, 1.807) is 6.92 Å². The molecule has 0 bridgehead atoms. The molecule has 5 heteroatoms. The second-order valence-corrected chi connectivity index (χ2v) is 3.56. The average Bonchev–Trinajstić information content (AvgIpc) is 2.27. The van der Waals surface area contributed by atoms with E-state index >= 15 is 0 Å².